The SMILES string of the molecule is O=C(OCc1ccccc1)N1CCCC1COc1ccc2c(c1)ncn2-c1ccnc(NCCc2ccccc2)n1. The molecule has 6 rings (SSSR count). The van der Waals surface area contributed by atoms with Crippen LogP contribution in [0.25, 0.3) is 16.9 Å². The highest BCUT2D eigenvalue weighted by atomic mass is 16.6. The first-order valence-electron chi connectivity index (χ1n) is 13.9. The van der Waals surface area contributed by atoms with E-state index in [4.69, 9.17) is 9.47 Å². The molecule has 3 heterocycles. The normalized spacial score (nSPS) is 14.7. The zero-order valence-electron chi connectivity index (χ0n) is 22.7. The molecule has 1 N–H and O–H groups in total. The molecule has 1 aliphatic rings. The molecule has 208 valence electrons. The van der Waals surface area contributed by atoms with Crippen LogP contribution in [0.5, 0.6) is 5.75 Å². The van der Waals surface area contributed by atoms with E-state index in [1.54, 1.807) is 17.4 Å². The number of hydrogen-bond acceptors (Lipinski definition) is 7. The van der Waals surface area contributed by atoms with Gasteiger partial charge in [-0.05, 0) is 48.6 Å². The van der Waals surface area contributed by atoms with Gasteiger partial charge in [-0.3, -0.25) is 4.57 Å². The molecular weight excluding hydrogens is 516 g/mol. The van der Waals surface area contributed by atoms with Crippen molar-refractivity contribution < 1.29 is 14.3 Å². The fourth-order valence-corrected chi connectivity index (χ4v) is 5.04. The van der Waals surface area contributed by atoms with Crippen LogP contribution in [0.3, 0.4) is 0 Å². The molecule has 2 aromatic heterocycles. The fourth-order valence-electron chi connectivity index (χ4n) is 5.04. The molecule has 9 heteroatoms. The van der Waals surface area contributed by atoms with Crippen LogP contribution >= 0.6 is 0 Å². The summed E-state index contributed by atoms with van der Waals surface area (Å²) in [6.07, 6.45) is 5.90. The number of ether oxygens (including phenoxy) is 2. The molecule has 0 spiro atoms. The average molecular weight is 549 g/mol. The van der Waals surface area contributed by atoms with Gasteiger partial charge in [0.1, 0.15) is 31.1 Å². The number of hydrogen-bond donors (Lipinski definition) is 1. The molecule has 0 radical (unpaired) electrons. The van der Waals surface area contributed by atoms with E-state index in [2.05, 4.69) is 32.4 Å². The van der Waals surface area contributed by atoms with Crippen LogP contribution in [0, 0.1) is 0 Å². The van der Waals surface area contributed by atoms with E-state index < -0.39 is 0 Å². The molecule has 1 unspecified atom stereocenters. The molecule has 1 aliphatic heterocycles. The topological polar surface area (TPSA) is 94.4 Å². The maximum absolute atomic E-state index is 12.7. The lowest BCUT2D eigenvalue weighted by atomic mass is 10.1. The number of nitrogens with zero attached hydrogens (tertiary/aromatic N) is 5. The highest BCUT2D eigenvalue weighted by molar-refractivity contribution is 5.78. The second kappa shape index (κ2) is 12.5. The van der Waals surface area contributed by atoms with Crippen molar-refractivity contribution in [3.05, 3.63) is 109 Å². The van der Waals surface area contributed by atoms with Crippen LogP contribution in [0.1, 0.15) is 24.0 Å². The standard InChI is InChI=1S/C32H32N6O3/c39-32(41-21-25-10-5-2-6-11-25)37-19-7-12-26(37)22-40-27-13-14-29-28(20-27)35-23-38(29)30-16-18-34-31(36-30)33-17-15-24-8-3-1-4-9-24/h1-6,8-11,13-14,16,18,20,23,26H,7,12,15,17,19,21-22H2,(H,33,34,36). The van der Waals surface area contributed by atoms with Gasteiger partial charge in [-0.25, -0.2) is 14.8 Å². The van der Waals surface area contributed by atoms with E-state index >= 15 is 0 Å². The summed E-state index contributed by atoms with van der Waals surface area (Å²) in [4.78, 5) is 28.1. The Labute approximate surface area is 238 Å². The zero-order valence-corrected chi connectivity index (χ0v) is 22.7. The predicted molar refractivity (Wildman–Crippen MR) is 157 cm³/mol. The molecule has 9 nitrogen and oxygen atoms in total. The number of imidazole rings is 1. The number of likely N-dealkylation sites (tertiary alicyclic amines) is 1. The Morgan fingerprint density at radius 3 is 2.59 bits per heavy atom. The fraction of sp³-hybridized carbons (Fsp3) is 0.250. The van der Waals surface area contributed by atoms with Crippen LogP contribution in [-0.4, -0.2) is 56.3 Å². The minimum absolute atomic E-state index is 0.0274. The lowest BCUT2D eigenvalue weighted by Gasteiger charge is -2.24. The van der Waals surface area contributed by atoms with Crippen LogP contribution in [0.4, 0.5) is 10.7 Å². The van der Waals surface area contributed by atoms with Crippen molar-refractivity contribution in [2.45, 2.75) is 31.9 Å². The van der Waals surface area contributed by atoms with Crippen molar-refractivity contribution in [2.75, 3.05) is 25.0 Å². The van der Waals surface area contributed by atoms with Crippen LogP contribution in [0.2, 0.25) is 0 Å². The maximum Gasteiger partial charge on any atom is 0.410 e. The average Bonchev–Trinajstić information content (AvgIpc) is 3.67. The van der Waals surface area contributed by atoms with Gasteiger partial charge in [-0.1, -0.05) is 60.7 Å². The number of benzene rings is 3. The summed E-state index contributed by atoms with van der Waals surface area (Å²) in [5, 5.41) is 3.31. The summed E-state index contributed by atoms with van der Waals surface area (Å²) < 4.78 is 13.6. The van der Waals surface area contributed by atoms with Crippen molar-refractivity contribution in [3.63, 3.8) is 0 Å². The zero-order chi connectivity index (χ0) is 27.9. The molecule has 1 fully saturated rings. The maximum atomic E-state index is 12.7. The molecular formula is C32H32N6O3. The summed E-state index contributed by atoms with van der Waals surface area (Å²) in [7, 11) is 0. The van der Waals surface area contributed by atoms with Crippen LogP contribution in [0.15, 0.2) is 97.5 Å². The first-order valence-corrected chi connectivity index (χ1v) is 13.9. The minimum atomic E-state index is -0.298. The smallest absolute Gasteiger partial charge is 0.410 e. The lowest BCUT2D eigenvalue weighted by molar-refractivity contribution is 0.0824. The quantitative estimate of drug-likeness (QED) is 0.241. The molecule has 1 amide bonds. The van der Waals surface area contributed by atoms with Gasteiger partial charge in [0.15, 0.2) is 0 Å². The highest BCUT2D eigenvalue weighted by Crippen LogP contribution is 2.25. The third-order valence-electron chi connectivity index (χ3n) is 7.21. The third kappa shape index (κ3) is 6.46. The van der Waals surface area contributed by atoms with Gasteiger partial charge < -0.3 is 19.7 Å². The van der Waals surface area contributed by atoms with E-state index in [9.17, 15) is 4.79 Å². The number of carbonyl (C=O) groups excluding carboxylic acids is 1. The van der Waals surface area contributed by atoms with E-state index in [0.717, 1.165) is 48.2 Å². The Balaban J connectivity index is 1.06. The molecule has 1 saturated heterocycles. The Morgan fingerprint density at radius 2 is 1.76 bits per heavy atom. The number of carbonyl (C=O) groups is 1. The second-order valence-electron chi connectivity index (χ2n) is 10.0. The Hall–Kier alpha value is -4.92. The minimum Gasteiger partial charge on any atom is -0.491 e. The molecule has 0 saturated carbocycles. The molecule has 0 aliphatic carbocycles. The number of nitrogens with one attached hydrogen (secondary N) is 1. The number of fused-ring (bicyclic) bond motifs is 1. The van der Waals surface area contributed by atoms with Crippen LogP contribution < -0.4 is 10.1 Å². The molecule has 3 aromatic carbocycles. The molecule has 0 bridgehead atoms. The van der Waals surface area contributed by atoms with Gasteiger partial charge >= 0.3 is 6.09 Å². The van der Waals surface area contributed by atoms with Crippen LogP contribution in [-0.2, 0) is 17.8 Å². The summed E-state index contributed by atoms with van der Waals surface area (Å²) in [6, 6.07) is 27.7. The van der Waals surface area contributed by atoms with Crippen molar-refractivity contribution in [1.29, 1.82) is 0 Å². The van der Waals surface area contributed by atoms with Crippen molar-refractivity contribution in [3.8, 4) is 11.6 Å². The van der Waals surface area contributed by atoms with Crippen molar-refractivity contribution >= 4 is 23.1 Å². The summed E-state index contributed by atoms with van der Waals surface area (Å²) in [6.45, 7) is 2.08. The molecule has 1 atom stereocenters. The summed E-state index contributed by atoms with van der Waals surface area (Å²) in [5.74, 6) is 2.01. The van der Waals surface area contributed by atoms with Gasteiger partial charge in [0, 0.05) is 25.4 Å². The number of rotatable bonds is 10. The van der Waals surface area contributed by atoms with Gasteiger partial charge in [-0.2, -0.15) is 4.98 Å². The van der Waals surface area contributed by atoms with E-state index in [1.807, 2.05) is 77.4 Å². The van der Waals surface area contributed by atoms with Gasteiger partial charge in [0.05, 0.1) is 17.1 Å². The number of amides is 1. The van der Waals surface area contributed by atoms with Gasteiger partial charge in [-0.15, -0.1) is 0 Å². The molecule has 41 heavy (non-hydrogen) atoms. The van der Waals surface area contributed by atoms with Gasteiger partial charge in [0.25, 0.3) is 0 Å². The second-order valence-corrected chi connectivity index (χ2v) is 10.0. The third-order valence-corrected chi connectivity index (χ3v) is 7.21. The molecule has 5 aromatic rings. The Morgan fingerprint density at radius 1 is 0.951 bits per heavy atom. The van der Waals surface area contributed by atoms with E-state index in [-0.39, 0.29) is 18.7 Å². The Kier molecular flexibility index (Phi) is 8.02. The van der Waals surface area contributed by atoms with Gasteiger partial charge in [0.2, 0.25) is 5.95 Å². The lowest BCUT2D eigenvalue weighted by Crippen LogP contribution is -2.39. The first kappa shape index (κ1) is 26.3. The first-order chi connectivity index (χ1) is 20.2. The van der Waals surface area contributed by atoms with E-state index in [0.29, 0.717) is 24.8 Å². The monoisotopic (exact) mass is 548 g/mol. The predicted octanol–water partition coefficient (Wildman–Crippen LogP) is 5.65. The summed E-state index contributed by atoms with van der Waals surface area (Å²) >= 11 is 0. The largest absolute Gasteiger partial charge is 0.491 e. The highest BCUT2D eigenvalue weighted by Gasteiger charge is 2.30. The summed E-state index contributed by atoms with van der Waals surface area (Å²) in [5.41, 5.74) is 3.94. The number of aromatic nitrogens is 4. The Bertz CT molecular complexity index is 1590. The van der Waals surface area contributed by atoms with E-state index in [1.165, 1.54) is 5.56 Å². The van der Waals surface area contributed by atoms with Crippen molar-refractivity contribution in [2.24, 2.45) is 0 Å². The number of anilines is 1. The van der Waals surface area contributed by atoms with Crippen molar-refractivity contribution in [1.82, 2.24) is 24.4 Å².